The fourth-order valence-electron chi connectivity index (χ4n) is 0.939. The number of halogens is 2. The van der Waals surface area contributed by atoms with Crippen molar-refractivity contribution in [1.29, 1.82) is 0 Å². The maximum absolute atomic E-state index is 5.90. The minimum atomic E-state index is 0.573. The van der Waals surface area contributed by atoms with Gasteiger partial charge in [0.2, 0.25) is 0 Å². The van der Waals surface area contributed by atoms with Gasteiger partial charge in [0.15, 0.2) is 5.75 Å². The van der Waals surface area contributed by atoms with Crippen LogP contribution in [0.25, 0.3) is 0 Å². The lowest BCUT2D eigenvalue weighted by Gasteiger charge is -2.08. The Morgan fingerprint density at radius 3 is 2.38 bits per heavy atom. The van der Waals surface area contributed by atoms with Crippen LogP contribution in [0.5, 0.6) is 5.75 Å². The van der Waals surface area contributed by atoms with Crippen molar-refractivity contribution in [1.82, 2.24) is 0 Å². The van der Waals surface area contributed by atoms with Crippen molar-refractivity contribution in [2.24, 2.45) is 0 Å². The van der Waals surface area contributed by atoms with Crippen molar-refractivity contribution in [3.8, 4) is 5.75 Å². The third-order valence-corrected chi connectivity index (χ3v) is 2.26. The van der Waals surface area contributed by atoms with Crippen LogP contribution in [0.2, 0.25) is 10.0 Å². The molecule has 0 aliphatic carbocycles. The first-order chi connectivity index (χ1) is 6.25. The number of hydrogen-bond acceptors (Lipinski definition) is 1. The topological polar surface area (TPSA) is 9.23 Å². The third kappa shape index (κ3) is 3.09. The summed E-state index contributed by atoms with van der Waals surface area (Å²) in [4.78, 5) is 0. The van der Waals surface area contributed by atoms with Crippen LogP contribution in [-0.2, 0) is 0 Å². The molecule has 0 aliphatic heterocycles. The first-order valence-corrected chi connectivity index (χ1v) is 5.08. The monoisotopic (exact) mass is 218 g/mol. The van der Waals surface area contributed by atoms with Gasteiger partial charge in [-0.3, -0.25) is 0 Å². The molecule has 0 saturated carbocycles. The molecule has 0 atom stereocenters. The zero-order chi connectivity index (χ0) is 9.68. The van der Waals surface area contributed by atoms with Gasteiger partial charge >= 0.3 is 0 Å². The van der Waals surface area contributed by atoms with Gasteiger partial charge < -0.3 is 4.74 Å². The molecule has 1 rings (SSSR count). The lowest BCUT2D eigenvalue weighted by atomic mass is 10.3. The first kappa shape index (κ1) is 10.7. The van der Waals surface area contributed by atoms with Gasteiger partial charge in [0.25, 0.3) is 0 Å². The Balaban J connectivity index is 2.64. The van der Waals surface area contributed by atoms with E-state index in [0.717, 1.165) is 12.8 Å². The number of para-hydroxylation sites is 1. The SMILES string of the molecule is CCCCOc1c(Cl)cccc1Cl. The van der Waals surface area contributed by atoms with Crippen LogP contribution in [-0.4, -0.2) is 6.61 Å². The van der Waals surface area contributed by atoms with E-state index in [2.05, 4.69) is 6.92 Å². The normalized spacial score (nSPS) is 10.1. The second kappa shape index (κ2) is 5.36. The van der Waals surface area contributed by atoms with Crippen molar-refractivity contribution >= 4 is 23.2 Å². The standard InChI is InChI=1S/C10H12Cl2O/c1-2-3-7-13-10-8(11)5-4-6-9(10)12/h4-6H,2-3,7H2,1H3. The summed E-state index contributed by atoms with van der Waals surface area (Å²) in [6.45, 7) is 2.78. The van der Waals surface area contributed by atoms with Gasteiger partial charge in [0, 0.05) is 0 Å². The van der Waals surface area contributed by atoms with Crippen molar-refractivity contribution in [2.75, 3.05) is 6.61 Å². The molecule has 1 aromatic carbocycles. The van der Waals surface area contributed by atoms with Gasteiger partial charge in [0.1, 0.15) is 0 Å². The van der Waals surface area contributed by atoms with Gasteiger partial charge in [0.05, 0.1) is 16.7 Å². The Kier molecular flexibility index (Phi) is 4.40. The summed E-state index contributed by atoms with van der Waals surface area (Å²) in [6, 6.07) is 5.35. The van der Waals surface area contributed by atoms with Gasteiger partial charge in [-0.25, -0.2) is 0 Å². The quantitative estimate of drug-likeness (QED) is 0.690. The van der Waals surface area contributed by atoms with Crippen LogP contribution in [0, 0.1) is 0 Å². The summed E-state index contributed by atoms with van der Waals surface area (Å²) in [6.07, 6.45) is 2.11. The predicted molar refractivity (Wildman–Crippen MR) is 56.9 cm³/mol. The zero-order valence-corrected chi connectivity index (χ0v) is 9.03. The molecule has 0 saturated heterocycles. The highest BCUT2D eigenvalue weighted by Crippen LogP contribution is 2.32. The predicted octanol–water partition coefficient (Wildman–Crippen LogP) is 4.17. The molecule has 0 amide bonds. The molecule has 0 heterocycles. The molecule has 0 fully saturated rings. The summed E-state index contributed by atoms with van der Waals surface area (Å²) < 4.78 is 5.44. The molecule has 3 heteroatoms. The number of hydrogen-bond donors (Lipinski definition) is 0. The van der Waals surface area contributed by atoms with Gasteiger partial charge in [-0.2, -0.15) is 0 Å². The lowest BCUT2D eigenvalue weighted by Crippen LogP contribution is -1.97. The zero-order valence-electron chi connectivity index (χ0n) is 7.52. The van der Waals surface area contributed by atoms with Gasteiger partial charge in [-0.1, -0.05) is 42.6 Å². The van der Waals surface area contributed by atoms with Crippen molar-refractivity contribution in [2.45, 2.75) is 19.8 Å². The second-order valence-electron chi connectivity index (χ2n) is 2.75. The Hall–Kier alpha value is -0.400. The summed E-state index contributed by atoms with van der Waals surface area (Å²) in [5, 5.41) is 1.15. The molecule has 13 heavy (non-hydrogen) atoms. The molecule has 72 valence electrons. The van der Waals surface area contributed by atoms with E-state index in [0.29, 0.717) is 22.4 Å². The molecular weight excluding hydrogens is 207 g/mol. The molecule has 0 unspecified atom stereocenters. The number of benzene rings is 1. The van der Waals surface area contributed by atoms with Gasteiger partial charge in [-0.05, 0) is 18.6 Å². The van der Waals surface area contributed by atoms with E-state index in [1.54, 1.807) is 18.2 Å². The summed E-state index contributed by atoms with van der Waals surface area (Å²) in [5.74, 6) is 0.597. The van der Waals surface area contributed by atoms with E-state index in [9.17, 15) is 0 Å². The van der Waals surface area contributed by atoms with Crippen LogP contribution in [0.4, 0.5) is 0 Å². The molecule has 0 bridgehead atoms. The minimum absolute atomic E-state index is 0.573. The summed E-state index contributed by atoms with van der Waals surface area (Å²) in [7, 11) is 0. The Labute approximate surface area is 88.6 Å². The Morgan fingerprint density at radius 2 is 1.85 bits per heavy atom. The first-order valence-electron chi connectivity index (χ1n) is 4.32. The average molecular weight is 219 g/mol. The van der Waals surface area contributed by atoms with E-state index in [1.165, 1.54) is 0 Å². The van der Waals surface area contributed by atoms with Crippen LogP contribution >= 0.6 is 23.2 Å². The Morgan fingerprint density at radius 1 is 1.23 bits per heavy atom. The highest BCUT2D eigenvalue weighted by Gasteiger charge is 2.05. The van der Waals surface area contributed by atoms with E-state index in [-0.39, 0.29) is 0 Å². The number of ether oxygens (including phenoxy) is 1. The molecule has 0 spiro atoms. The maximum Gasteiger partial charge on any atom is 0.156 e. The van der Waals surface area contributed by atoms with Gasteiger partial charge in [-0.15, -0.1) is 0 Å². The van der Waals surface area contributed by atoms with E-state index in [4.69, 9.17) is 27.9 Å². The Bertz CT molecular complexity index is 253. The highest BCUT2D eigenvalue weighted by atomic mass is 35.5. The molecule has 0 aliphatic rings. The third-order valence-electron chi connectivity index (χ3n) is 1.66. The van der Waals surface area contributed by atoms with Crippen LogP contribution in [0.1, 0.15) is 19.8 Å². The smallest absolute Gasteiger partial charge is 0.156 e. The largest absolute Gasteiger partial charge is 0.490 e. The van der Waals surface area contributed by atoms with Crippen LogP contribution < -0.4 is 4.74 Å². The fourth-order valence-corrected chi connectivity index (χ4v) is 1.45. The molecule has 0 N–H and O–H groups in total. The van der Waals surface area contributed by atoms with Crippen molar-refractivity contribution in [3.05, 3.63) is 28.2 Å². The molecule has 1 aromatic rings. The molecule has 1 nitrogen and oxygen atoms in total. The van der Waals surface area contributed by atoms with E-state index >= 15 is 0 Å². The fraction of sp³-hybridized carbons (Fsp3) is 0.400. The maximum atomic E-state index is 5.90. The minimum Gasteiger partial charge on any atom is -0.490 e. The van der Waals surface area contributed by atoms with Crippen LogP contribution in [0.3, 0.4) is 0 Å². The highest BCUT2D eigenvalue weighted by molar-refractivity contribution is 6.37. The number of rotatable bonds is 4. The second-order valence-corrected chi connectivity index (χ2v) is 3.57. The van der Waals surface area contributed by atoms with Crippen molar-refractivity contribution < 1.29 is 4.74 Å². The van der Waals surface area contributed by atoms with Crippen LogP contribution in [0.15, 0.2) is 18.2 Å². The molecule has 0 radical (unpaired) electrons. The molecular formula is C10H12Cl2O. The van der Waals surface area contributed by atoms with E-state index in [1.807, 2.05) is 0 Å². The average Bonchev–Trinajstić information content (AvgIpc) is 2.10. The number of unbranched alkanes of at least 4 members (excludes halogenated alkanes) is 1. The summed E-state index contributed by atoms with van der Waals surface area (Å²) in [5.41, 5.74) is 0. The van der Waals surface area contributed by atoms with Crippen molar-refractivity contribution in [3.63, 3.8) is 0 Å². The lowest BCUT2D eigenvalue weighted by molar-refractivity contribution is 0.310. The summed E-state index contributed by atoms with van der Waals surface area (Å²) >= 11 is 11.8. The van der Waals surface area contributed by atoms with E-state index < -0.39 is 0 Å². The molecule has 0 aromatic heterocycles.